The van der Waals surface area contributed by atoms with Gasteiger partial charge in [-0.15, -0.1) is 0 Å². The van der Waals surface area contributed by atoms with Crippen molar-refractivity contribution in [2.75, 3.05) is 26.7 Å². The smallest absolute Gasteiger partial charge is 0.410 e. The first-order chi connectivity index (χ1) is 10.9. The van der Waals surface area contributed by atoms with Crippen molar-refractivity contribution in [2.45, 2.75) is 57.9 Å². The van der Waals surface area contributed by atoms with Crippen molar-refractivity contribution in [2.24, 2.45) is 0 Å². The molecule has 0 radical (unpaired) electrons. The van der Waals surface area contributed by atoms with Crippen LogP contribution in [0.15, 0.2) is 0 Å². The Kier molecular flexibility index (Phi) is 6.74. The van der Waals surface area contributed by atoms with Crippen LogP contribution in [0.5, 0.6) is 0 Å². The summed E-state index contributed by atoms with van der Waals surface area (Å²) in [7, 11) is 1.10. The van der Waals surface area contributed by atoms with Crippen LogP contribution in [0.4, 0.5) is 22.8 Å². The fourth-order valence-corrected chi connectivity index (χ4v) is 2.38. The summed E-state index contributed by atoms with van der Waals surface area (Å²) in [5.74, 6) is 0. The number of hydrogen-bond acceptors (Lipinski definition) is 3. The second-order valence-corrected chi connectivity index (χ2v) is 7.02. The largest absolute Gasteiger partial charge is 0.444 e. The molecular weight excluding hydrogens is 327 g/mol. The van der Waals surface area contributed by atoms with Crippen LogP contribution in [0, 0.1) is 0 Å². The minimum absolute atomic E-state index is 0.263. The van der Waals surface area contributed by atoms with E-state index in [0.29, 0.717) is 37.3 Å². The van der Waals surface area contributed by atoms with Crippen molar-refractivity contribution in [1.82, 2.24) is 15.1 Å². The van der Waals surface area contributed by atoms with Crippen molar-refractivity contribution in [3.63, 3.8) is 0 Å². The highest BCUT2D eigenvalue weighted by Gasteiger charge is 2.32. The summed E-state index contributed by atoms with van der Waals surface area (Å²) < 4.78 is 42.2. The molecule has 1 rings (SSSR count). The van der Waals surface area contributed by atoms with Crippen LogP contribution in [0.1, 0.15) is 40.0 Å². The lowest BCUT2D eigenvalue weighted by Crippen LogP contribution is -2.46. The zero-order valence-corrected chi connectivity index (χ0v) is 14.6. The Morgan fingerprint density at radius 3 is 2.38 bits per heavy atom. The predicted molar refractivity (Wildman–Crippen MR) is 82.7 cm³/mol. The molecule has 1 fully saturated rings. The van der Waals surface area contributed by atoms with Gasteiger partial charge in [0.1, 0.15) is 12.1 Å². The highest BCUT2D eigenvalue weighted by atomic mass is 19.4. The van der Waals surface area contributed by atoms with E-state index in [1.165, 1.54) is 0 Å². The first-order valence-corrected chi connectivity index (χ1v) is 7.94. The molecule has 1 atom stereocenters. The molecule has 3 amide bonds. The van der Waals surface area contributed by atoms with E-state index in [9.17, 15) is 22.8 Å². The molecule has 0 bridgehead atoms. The Bertz CT molecular complexity index is 449. The standard InChI is InChI=1S/C15H26F3N3O3/c1-14(2,3)24-13(23)21-8-5-6-11(7-9-21)19-12(22)20(4)10-15(16,17)18/h11H,5-10H2,1-4H3,(H,19,22)/t11-/m0/s1. The van der Waals surface area contributed by atoms with E-state index in [-0.39, 0.29) is 6.04 Å². The van der Waals surface area contributed by atoms with Crippen molar-refractivity contribution >= 4 is 12.1 Å². The predicted octanol–water partition coefficient (Wildman–Crippen LogP) is 2.98. The van der Waals surface area contributed by atoms with Gasteiger partial charge in [0.2, 0.25) is 0 Å². The zero-order valence-electron chi connectivity index (χ0n) is 14.6. The van der Waals surface area contributed by atoms with Crippen molar-refractivity contribution in [1.29, 1.82) is 0 Å². The number of alkyl halides is 3. The van der Waals surface area contributed by atoms with Crippen LogP contribution < -0.4 is 5.32 Å². The first kappa shape index (κ1) is 20.4. The SMILES string of the molecule is CN(CC(F)(F)F)C(=O)N[C@H]1CCCN(C(=O)OC(C)(C)C)CC1. The van der Waals surface area contributed by atoms with E-state index in [1.54, 1.807) is 25.7 Å². The van der Waals surface area contributed by atoms with Gasteiger partial charge in [0.25, 0.3) is 0 Å². The van der Waals surface area contributed by atoms with Gasteiger partial charge in [-0.25, -0.2) is 9.59 Å². The number of urea groups is 1. The summed E-state index contributed by atoms with van der Waals surface area (Å²) in [5.41, 5.74) is -0.586. The van der Waals surface area contributed by atoms with Gasteiger partial charge in [-0.05, 0) is 40.0 Å². The molecule has 0 aliphatic carbocycles. The van der Waals surface area contributed by atoms with Gasteiger partial charge < -0.3 is 19.9 Å². The number of nitrogens with zero attached hydrogens (tertiary/aromatic N) is 2. The number of ether oxygens (including phenoxy) is 1. The molecule has 1 aliphatic rings. The summed E-state index contributed by atoms with van der Waals surface area (Å²) in [6, 6.07) is -1.02. The molecule has 6 nitrogen and oxygen atoms in total. The van der Waals surface area contributed by atoms with Gasteiger partial charge in [-0.3, -0.25) is 0 Å². The van der Waals surface area contributed by atoms with E-state index in [1.807, 2.05) is 0 Å². The molecule has 140 valence electrons. The van der Waals surface area contributed by atoms with Gasteiger partial charge in [0, 0.05) is 26.2 Å². The Balaban J connectivity index is 2.48. The Labute approximate surface area is 140 Å². The minimum atomic E-state index is -4.43. The third-order valence-electron chi connectivity index (χ3n) is 3.47. The number of hydrogen-bond donors (Lipinski definition) is 1. The highest BCUT2D eigenvalue weighted by Crippen LogP contribution is 2.17. The number of halogens is 3. The van der Waals surface area contributed by atoms with Gasteiger partial charge in [0.15, 0.2) is 0 Å². The number of rotatable bonds is 2. The number of likely N-dealkylation sites (tertiary alicyclic amines) is 1. The van der Waals surface area contributed by atoms with Crippen molar-refractivity contribution < 1.29 is 27.5 Å². The Morgan fingerprint density at radius 1 is 1.21 bits per heavy atom. The molecule has 1 N–H and O–H groups in total. The lowest BCUT2D eigenvalue weighted by Gasteiger charge is -2.26. The molecule has 1 heterocycles. The van der Waals surface area contributed by atoms with Crippen LogP contribution in [0.25, 0.3) is 0 Å². The fraction of sp³-hybridized carbons (Fsp3) is 0.867. The summed E-state index contributed by atoms with van der Waals surface area (Å²) in [6.07, 6.45) is -3.12. The average Bonchev–Trinajstić information content (AvgIpc) is 2.60. The van der Waals surface area contributed by atoms with Gasteiger partial charge in [-0.1, -0.05) is 0 Å². The number of nitrogens with one attached hydrogen (secondary N) is 1. The third kappa shape index (κ3) is 7.74. The lowest BCUT2D eigenvalue weighted by atomic mass is 10.1. The molecule has 0 aromatic rings. The van der Waals surface area contributed by atoms with Crippen LogP contribution in [0.3, 0.4) is 0 Å². The minimum Gasteiger partial charge on any atom is -0.444 e. The lowest BCUT2D eigenvalue weighted by molar-refractivity contribution is -0.137. The fourth-order valence-electron chi connectivity index (χ4n) is 2.38. The maximum Gasteiger partial charge on any atom is 0.410 e. The molecule has 9 heteroatoms. The Morgan fingerprint density at radius 2 is 1.83 bits per heavy atom. The average molecular weight is 353 g/mol. The molecule has 0 aromatic heterocycles. The molecule has 1 aliphatic heterocycles. The molecule has 0 unspecified atom stereocenters. The summed E-state index contributed by atoms with van der Waals surface area (Å²) in [4.78, 5) is 26.0. The third-order valence-corrected chi connectivity index (χ3v) is 3.47. The summed E-state index contributed by atoms with van der Waals surface area (Å²) in [6.45, 7) is 4.94. The number of amides is 3. The van der Waals surface area contributed by atoms with Crippen molar-refractivity contribution in [3.05, 3.63) is 0 Å². The van der Waals surface area contributed by atoms with Crippen LogP contribution in [-0.2, 0) is 4.74 Å². The summed E-state index contributed by atoms with van der Waals surface area (Å²) in [5, 5.41) is 2.60. The van der Waals surface area contributed by atoms with Crippen LogP contribution in [-0.4, -0.2) is 66.4 Å². The van der Waals surface area contributed by atoms with E-state index in [4.69, 9.17) is 4.74 Å². The van der Waals surface area contributed by atoms with Gasteiger partial charge in [-0.2, -0.15) is 13.2 Å². The normalized spacial score (nSPS) is 19.5. The van der Waals surface area contributed by atoms with Gasteiger partial charge in [0.05, 0.1) is 0 Å². The molecular formula is C15H26F3N3O3. The zero-order chi connectivity index (χ0) is 18.5. The molecule has 1 saturated heterocycles. The van der Waals surface area contributed by atoms with Crippen LogP contribution in [0.2, 0.25) is 0 Å². The quantitative estimate of drug-likeness (QED) is 0.830. The van der Waals surface area contributed by atoms with Crippen LogP contribution >= 0.6 is 0 Å². The van der Waals surface area contributed by atoms with E-state index >= 15 is 0 Å². The Hall–Kier alpha value is -1.67. The van der Waals surface area contributed by atoms with Crippen molar-refractivity contribution in [3.8, 4) is 0 Å². The highest BCUT2D eigenvalue weighted by molar-refractivity contribution is 5.74. The second-order valence-electron chi connectivity index (χ2n) is 7.02. The molecule has 24 heavy (non-hydrogen) atoms. The van der Waals surface area contributed by atoms with E-state index in [0.717, 1.165) is 7.05 Å². The summed E-state index contributed by atoms with van der Waals surface area (Å²) >= 11 is 0. The molecule has 0 spiro atoms. The molecule has 0 aromatic carbocycles. The first-order valence-electron chi connectivity index (χ1n) is 7.94. The topological polar surface area (TPSA) is 61.9 Å². The maximum atomic E-state index is 12.3. The maximum absolute atomic E-state index is 12.3. The second kappa shape index (κ2) is 7.94. The number of carbonyl (C=O) groups is 2. The number of carbonyl (C=O) groups excluding carboxylic acids is 2. The van der Waals surface area contributed by atoms with E-state index in [2.05, 4.69) is 5.32 Å². The monoisotopic (exact) mass is 353 g/mol. The molecule has 0 saturated carbocycles. The van der Waals surface area contributed by atoms with Gasteiger partial charge >= 0.3 is 18.3 Å². The van der Waals surface area contributed by atoms with E-state index < -0.39 is 30.4 Å².